The van der Waals surface area contributed by atoms with Gasteiger partial charge in [0.25, 0.3) is 5.91 Å². The molecule has 1 aliphatic heterocycles. The molecule has 0 aromatic heterocycles. The first-order chi connectivity index (χ1) is 8.56. The molecule has 1 saturated heterocycles. The number of hydrogen-bond donors (Lipinski definition) is 2. The summed E-state index contributed by atoms with van der Waals surface area (Å²) in [6, 6.07) is 5.04. The second-order valence-corrected chi connectivity index (χ2v) is 4.84. The van der Waals surface area contributed by atoms with Crippen LogP contribution in [-0.4, -0.2) is 48.9 Å². The molecule has 5 heteroatoms. The van der Waals surface area contributed by atoms with Crippen molar-refractivity contribution in [3.63, 3.8) is 0 Å². The Bertz CT molecular complexity index is 426. The Balaban J connectivity index is 2.14. The van der Waals surface area contributed by atoms with Gasteiger partial charge in [0.15, 0.2) is 0 Å². The number of nitrogens with zero attached hydrogens (tertiary/aromatic N) is 2. The Hall–Kier alpha value is -1.75. The standard InChI is InChI=1S/C13H20N4O/c1-16-3-2-4-17(6-5-16)13(18)10-7-11(14)9-12(15)8-10/h7-9H,2-6,14-15H2,1H3. The van der Waals surface area contributed by atoms with Gasteiger partial charge in [-0.05, 0) is 38.2 Å². The summed E-state index contributed by atoms with van der Waals surface area (Å²) in [6.45, 7) is 3.48. The maximum Gasteiger partial charge on any atom is 0.254 e. The Kier molecular flexibility index (Phi) is 3.72. The molecule has 18 heavy (non-hydrogen) atoms. The number of carbonyl (C=O) groups excluding carboxylic acids is 1. The predicted molar refractivity (Wildman–Crippen MR) is 73.3 cm³/mol. The van der Waals surface area contributed by atoms with Gasteiger partial charge < -0.3 is 21.3 Å². The molecule has 4 N–H and O–H groups in total. The summed E-state index contributed by atoms with van der Waals surface area (Å²) in [4.78, 5) is 16.5. The van der Waals surface area contributed by atoms with Crippen LogP contribution in [0.4, 0.5) is 11.4 Å². The number of nitrogen functional groups attached to an aromatic ring is 2. The summed E-state index contributed by atoms with van der Waals surface area (Å²) in [5, 5.41) is 0. The largest absolute Gasteiger partial charge is 0.399 e. The van der Waals surface area contributed by atoms with Crippen LogP contribution in [0.3, 0.4) is 0 Å². The lowest BCUT2D eigenvalue weighted by Gasteiger charge is -2.21. The zero-order chi connectivity index (χ0) is 13.1. The van der Waals surface area contributed by atoms with Crippen LogP contribution in [0.25, 0.3) is 0 Å². The zero-order valence-corrected chi connectivity index (χ0v) is 10.7. The summed E-state index contributed by atoms with van der Waals surface area (Å²) in [6.07, 6.45) is 1.00. The lowest BCUT2D eigenvalue weighted by atomic mass is 10.1. The van der Waals surface area contributed by atoms with Crippen molar-refractivity contribution >= 4 is 17.3 Å². The van der Waals surface area contributed by atoms with Crippen LogP contribution in [0.15, 0.2) is 18.2 Å². The third-order valence-corrected chi connectivity index (χ3v) is 3.23. The molecule has 1 heterocycles. The van der Waals surface area contributed by atoms with Crippen LogP contribution in [0.5, 0.6) is 0 Å². The van der Waals surface area contributed by atoms with E-state index in [1.165, 1.54) is 0 Å². The molecule has 1 aliphatic rings. The number of amides is 1. The number of hydrogen-bond acceptors (Lipinski definition) is 4. The highest BCUT2D eigenvalue weighted by molar-refractivity contribution is 5.96. The molecule has 1 amide bonds. The first-order valence-electron chi connectivity index (χ1n) is 6.20. The van der Waals surface area contributed by atoms with Crippen molar-refractivity contribution in [2.24, 2.45) is 0 Å². The van der Waals surface area contributed by atoms with Gasteiger partial charge in [0.1, 0.15) is 0 Å². The molecule has 0 spiro atoms. The highest BCUT2D eigenvalue weighted by Gasteiger charge is 2.19. The second kappa shape index (κ2) is 5.27. The zero-order valence-electron chi connectivity index (χ0n) is 10.7. The summed E-state index contributed by atoms with van der Waals surface area (Å²) < 4.78 is 0. The molecule has 1 aromatic carbocycles. The van der Waals surface area contributed by atoms with E-state index in [-0.39, 0.29) is 5.91 Å². The van der Waals surface area contributed by atoms with Crippen LogP contribution in [0.1, 0.15) is 16.8 Å². The minimum absolute atomic E-state index is 0.0179. The van der Waals surface area contributed by atoms with Crippen LogP contribution < -0.4 is 11.5 Å². The van der Waals surface area contributed by atoms with E-state index in [4.69, 9.17) is 11.5 Å². The minimum atomic E-state index is 0.0179. The molecule has 0 radical (unpaired) electrons. The Morgan fingerprint density at radius 2 is 1.72 bits per heavy atom. The molecule has 0 atom stereocenters. The molecule has 0 bridgehead atoms. The number of rotatable bonds is 1. The summed E-state index contributed by atoms with van der Waals surface area (Å²) in [5.74, 6) is 0.0179. The normalized spacial score (nSPS) is 17.5. The van der Waals surface area contributed by atoms with E-state index in [0.717, 1.165) is 32.6 Å². The van der Waals surface area contributed by atoms with Crippen LogP contribution in [0, 0.1) is 0 Å². The van der Waals surface area contributed by atoms with Crippen molar-refractivity contribution in [2.45, 2.75) is 6.42 Å². The average molecular weight is 248 g/mol. The van der Waals surface area contributed by atoms with Gasteiger partial charge in [-0.15, -0.1) is 0 Å². The van der Waals surface area contributed by atoms with E-state index in [1.54, 1.807) is 18.2 Å². The van der Waals surface area contributed by atoms with Crippen molar-refractivity contribution in [3.05, 3.63) is 23.8 Å². The molecular formula is C13H20N4O. The van der Waals surface area contributed by atoms with Gasteiger partial charge in [-0.25, -0.2) is 0 Å². The van der Waals surface area contributed by atoms with Gasteiger partial charge in [-0.3, -0.25) is 4.79 Å². The van der Waals surface area contributed by atoms with E-state index < -0.39 is 0 Å². The van der Waals surface area contributed by atoms with Crippen molar-refractivity contribution in [1.29, 1.82) is 0 Å². The van der Waals surface area contributed by atoms with E-state index in [2.05, 4.69) is 11.9 Å². The van der Waals surface area contributed by atoms with E-state index in [1.807, 2.05) is 4.90 Å². The lowest BCUT2D eigenvalue weighted by Crippen LogP contribution is -2.34. The average Bonchev–Trinajstić information content (AvgIpc) is 2.52. The first kappa shape index (κ1) is 12.7. The maximum atomic E-state index is 12.4. The third kappa shape index (κ3) is 2.92. The fourth-order valence-corrected chi connectivity index (χ4v) is 2.23. The molecule has 2 rings (SSSR count). The van der Waals surface area contributed by atoms with Crippen molar-refractivity contribution < 1.29 is 4.79 Å². The van der Waals surface area contributed by atoms with Crippen molar-refractivity contribution in [2.75, 3.05) is 44.7 Å². The van der Waals surface area contributed by atoms with Gasteiger partial charge in [0.2, 0.25) is 0 Å². The quantitative estimate of drug-likeness (QED) is 0.715. The molecule has 5 nitrogen and oxygen atoms in total. The highest BCUT2D eigenvalue weighted by Crippen LogP contribution is 2.16. The van der Waals surface area contributed by atoms with Gasteiger partial charge >= 0.3 is 0 Å². The molecule has 0 aliphatic carbocycles. The number of carbonyl (C=O) groups is 1. The smallest absolute Gasteiger partial charge is 0.254 e. The number of nitrogens with two attached hydrogens (primary N) is 2. The van der Waals surface area contributed by atoms with E-state index >= 15 is 0 Å². The first-order valence-corrected chi connectivity index (χ1v) is 6.20. The van der Waals surface area contributed by atoms with Gasteiger partial charge in [-0.2, -0.15) is 0 Å². The second-order valence-electron chi connectivity index (χ2n) is 4.84. The van der Waals surface area contributed by atoms with Gasteiger partial charge in [0, 0.05) is 36.6 Å². The van der Waals surface area contributed by atoms with Crippen LogP contribution >= 0.6 is 0 Å². The monoisotopic (exact) mass is 248 g/mol. The SMILES string of the molecule is CN1CCCN(C(=O)c2cc(N)cc(N)c2)CC1. The van der Waals surface area contributed by atoms with E-state index in [9.17, 15) is 4.79 Å². The molecule has 0 saturated carbocycles. The summed E-state index contributed by atoms with van der Waals surface area (Å²) in [5.41, 5.74) is 13.1. The van der Waals surface area contributed by atoms with E-state index in [0.29, 0.717) is 16.9 Å². The number of anilines is 2. The molecule has 0 unspecified atom stereocenters. The van der Waals surface area contributed by atoms with Crippen LogP contribution in [-0.2, 0) is 0 Å². The van der Waals surface area contributed by atoms with Crippen LogP contribution in [0.2, 0.25) is 0 Å². The fraction of sp³-hybridized carbons (Fsp3) is 0.462. The highest BCUT2D eigenvalue weighted by atomic mass is 16.2. The molecule has 1 fully saturated rings. The fourth-order valence-electron chi connectivity index (χ4n) is 2.23. The number of benzene rings is 1. The maximum absolute atomic E-state index is 12.4. The van der Waals surface area contributed by atoms with Crippen molar-refractivity contribution in [1.82, 2.24) is 9.80 Å². The van der Waals surface area contributed by atoms with Gasteiger partial charge in [0.05, 0.1) is 0 Å². The minimum Gasteiger partial charge on any atom is -0.399 e. The topological polar surface area (TPSA) is 75.6 Å². The third-order valence-electron chi connectivity index (χ3n) is 3.23. The Labute approximate surface area is 107 Å². The van der Waals surface area contributed by atoms with Crippen molar-refractivity contribution in [3.8, 4) is 0 Å². The Morgan fingerprint density at radius 1 is 1.06 bits per heavy atom. The summed E-state index contributed by atoms with van der Waals surface area (Å²) in [7, 11) is 2.08. The molecule has 98 valence electrons. The molecule has 1 aromatic rings. The lowest BCUT2D eigenvalue weighted by molar-refractivity contribution is 0.0763. The Morgan fingerprint density at radius 3 is 2.39 bits per heavy atom. The summed E-state index contributed by atoms with van der Waals surface area (Å²) >= 11 is 0. The van der Waals surface area contributed by atoms with Gasteiger partial charge in [-0.1, -0.05) is 0 Å². The number of likely N-dealkylation sites (N-methyl/N-ethyl adjacent to an activating group) is 1. The predicted octanol–water partition coefficient (Wildman–Crippen LogP) is 0.629. The molecular weight excluding hydrogens is 228 g/mol.